The molecule has 2 aliphatic heterocycles. The van der Waals surface area contributed by atoms with Crippen molar-refractivity contribution in [1.82, 2.24) is 9.55 Å². The first-order valence-electron chi connectivity index (χ1n) is 11.0. The van der Waals surface area contributed by atoms with Gasteiger partial charge < -0.3 is 24.5 Å². The molecule has 0 bridgehead atoms. The third-order valence-electron chi connectivity index (χ3n) is 6.79. The van der Waals surface area contributed by atoms with Crippen molar-refractivity contribution >= 4 is 38.5 Å². The average molecular weight is 504 g/mol. The Bertz CT molecular complexity index is 1460. The number of aromatic nitrogens is 2. The van der Waals surface area contributed by atoms with Crippen molar-refractivity contribution in [3.05, 3.63) is 56.9 Å². The highest BCUT2D eigenvalue weighted by Gasteiger charge is 2.45. The van der Waals surface area contributed by atoms with Gasteiger partial charge in [0.15, 0.2) is 5.60 Å². The summed E-state index contributed by atoms with van der Waals surface area (Å²) in [4.78, 5) is 30.3. The Balaban J connectivity index is 1.77. The fraction of sp³-hybridized carbons (Fsp3) is 0.318. The number of fused-ring (bicyclic) bond motifs is 5. The van der Waals surface area contributed by atoms with Crippen LogP contribution in [0.1, 0.15) is 35.6 Å². The van der Waals surface area contributed by atoms with Crippen LogP contribution >= 0.6 is 0 Å². The Kier molecular flexibility index (Phi) is 5.43. The van der Waals surface area contributed by atoms with Gasteiger partial charge in [0.2, 0.25) is 0 Å². The maximum absolute atomic E-state index is 13.3. The minimum absolute atomic E-state index is 0.0343. The second-order valence-corrected chi connectivity index (χ2v) is 10.5. The second kappa shape index (κ2) is 8.02. The molecule has 2 aliphatic rings. The van der Waals surface area contributed by atoms with Gasteiger partial charge in [-0.2, -0.15) is 0 Å². The maximum Gasteiger partial charge on any atom is 0.616 e. The van der Waals surface area contributed by atoms with Crippen molar-refractivity contribution in [2.75, 3.05) is 0 Å². The van der Waals surface area contributed by atoms with Crippen LogP contribution in [0.3, 0.4) is 0 Å². The van der Waals surface area contributed by atoms with Gasteiger partial charge in [-0.15, -0.1) is 0 Å². The number of nitrogens with zero attached hydrogens (tertiary/aromatic N) is 2. The molecule has 0 fully saturated rings. The van der Waals surface area contributed by atoms with E-state index in [0.29, 0.717) is 33.4 Å². The van der Waals surface area contributed by atoms with Crippen molar-refractivity contribution in [3.63, 3.8) is 0 Å². The van der Waals surface area contributed by atoms with E-state index in [1.807, 2.05) is 0 Å². The quantitative estimate of drug-likeness (QED) is 0.212. The molecule has 0 spiro atoms. The smallest absolute Gasteiger partial charge is 0.458 e. The lowest BCUT2D eigenvalue weighted by Crippen LogP contribution is -2.44. The summed E-state index contributed by atoms with van der Waals surface area (Å²) in [7, 11) is -7.73. The number of cyclic esters (lactones) is 1. The summed E-state index contributed by atoms with van der Waals surface area (Å²) in [6.07, 6.45) is -0.377. The van der Waals surface area contributed by atoms with Crippen molar-refractivity contribution in [3.8, 4) is 11.4 Å². The minimum atomic E-state index is -5.91. The molecular weight excluding hydrogens is 484 g/mol. The van der Waals surface area contributed by atoms with Crippen LogP contribution in [0, 0.1) is 0 Å². The van der Waals surface area contributed by atoms with Crippen LogP contribution < -0.4 is 11.0 Å². The number of rotatable bonds is 5. The van der Waals surface area contributed by atoms with Gasteiger partial charge in [0.25, 0.3) is 5.56 Å². The Hall–Kier alpha value is -3.00. The monoisotopic (exact) mass is 504 g/mol. The van der Waals surface area contributed by atoms with Crippen LogP contribution in [-0.2, 0) is 34.7 Å². The zero-order chi connectivity index (χ0) is 25.3. The van der Waals surface area contributed by atoms with Crippen LogP contribution in [-0.4, -0.2) is 46.9 Å². The number of hydrogen-bond acceptors (Lipinski definition) is 7. The van der Waals surface area contributed by atoms with Crippen LogP contribution in [0.5, 0.6) is 0 Å². The van der Waals surface area contributed by atoms with Crippen molar-refractivity contribution < 1.29 is 37.0 Å². The first kappa shape index (κ1) is 23.7. The molecule has 2 aromatic heterocycles. The van der Waals surface area contributed by atoms with Gasteiger partial charge in [-0.1, -0.05) is 19.1 Å². The molecule has 35 heavy (non-hydrogen) atoms. The number of carbonyl (C=O) groups excluding carboxylic acids is 1. The SMILES string of the molecule is CC[C@@]1(O)C(=O)OCc2c1cc1n(c2=O)Cc2c-1nc1ccc(B(O)O)cc1c2CC[Si](F)(F)F. The first-order valence-corrected chi connectivity index (χ1v) is 12.8. The number of ether oxygens (including phenoxy) is 1. The van der Waals surface area contributed by atoms with E-state index in [9.17, 15) is 37.1 Å². The van der Waals surface area contributed by atoms with Gasteiger partial charge in [-0.05, 0) is 36.0 Å². The van der Waals surface area contributed by atoms with E-state index in [4.69, 9.17) is 4.74 Å². The lowest BCUT2D eigenvalue weighted by molar-refractivity contribution is -0.172. The fourth-order valence-electron chi connectivity index (χ4n) is 4.89. The Labute approximate surface area is 198 Å². The standard InChI is InChI=1S/C22H20BF3N2O6Si/c1-2-22(31)16-8-18-19-14(9-28(18)20(29)15(16)10-34-21(22)30)12(5-6-35(24,25)26)13-7-11(23(32)33)3-4-17(13)27-19/h3-4,7-8,31-33H,2,5-6,9-10H2,1H3/t22-/m0/s1. The van der Waals surface area contributed by atoms with Crippen LogP contribution in [0.25, 0.3) is 22.3 Å². The predicted octanol–water partition coefficient (Wildman–Crippen LogP) is 1.15. The molecular formula is C22H20BF3N2O6Si. The van der Waals surface area contributed by atoms with E-state index in [2.05, 4.69) is 4.98 Å². The summed E-state index contributed by atoms with van der Waals surface area (Å²) in [5.74, 6) is -0.868. The van der Waals surface area contributed by atoms with Crippen LogP contribution in [0.2, 0.25) is 6.04 Å². The Morgan fingerprint density at radius 1 is 1.20 bits per heavy atom. The molecule has 8 nitrogen and oxygen atoms in total. The molecule has 0 saturated heterocycles. The van der Waals surface area contributed by atoms with Gasteiger partial charge in [-0.3, -0.25) is 4.79 Å². The summed E-state index contributed by atoms with van der Waals surface area (Å²) in [6, 6.07) is 4.82. The molecule has 0 amide bonds. The number of benzene rings is 1. The van der Waals surface area contributed by atoms with E-state index in [-0.39, 0.29) is 42.6 Å². The summed E-state index contributed by atoms with van der Waals surface area (Å²) < 4.78 is 46.3. The molecule has 0 radical (unpaired) electrons. The van der Waals surface area contributed by atoms with Crippen LogP contribution in [0.15, 0.2) is 29.1 Å². The number of hydrogen-bond donors (Lipinski definition) is 3. The molecule has 3 N–H and O–H groups in total. The highest BCUT2D eigenvalue weighted by atomic mass is 28.5. The average Bonchev–Trinajstić information content (AvgIpc) is 3.17. The molecule has 13 heteroatoms. The molecule has 0 unspecified atom stereocenters. The second-order valence-electron chi connectivity index (χ2n) is 8.79. The molecule has 4 heterocycles. The Morgan fingerprint density at radius 3 is 2.60 bits per heavy atom. The van der Waals surface area contributed by atoms with Crippen molar-refractivity contribution in [2.24, 2.45) is 0 Å². The molecule has 1 atom stereocenters. The zero-order valence-corrected chi connectivity index (χ0v) is 19.5. The third kappa shape index (κ3) is 3.70. The van der Waals surface area contributed by atoms with E-state index >= 15 is 0 Å². The van der Waals surface area contributed by atoms with Gasteiger partial charge >= 0.3 is 22.2 Å². The third-order valence-corrected chi connectivity index (χ3v) is 7.60. The van der Waals surface area contributed by atoms with E-state index in [1.54, 1.807) is 6.92 Å². The zero-order valence-electron chi connectivity index (χ0n) is 18.5. The highest BCUT2D eigenvalue weighted by Crippen LogP contribution is 2.40. The predicted molar refractivity (Wildman–Crippen MR) is 122 cm³/mol. The summed E-state index contributed by atoms with van der Waals surface area (Å²) >= 11 is 0. The molecule has 3 aromatic rings. The number of esters is 1. The lowest BCUT2D eigenvalue weighted by Gasteiger charge is -2.31. The van der Waals surface area contributed by atoms with Gasteiger partial charge in [-0.25, -0.2) is 22.1 Å². The fourth-order valence-corrected chi connectivity index (χ4v) is 5.43. The van der Waals surface area contributed by atoms with E-state index in [0.717, 1.165) is 0 Å². The number of aliphatic hydroxyl groups is 1. The minimum Gasteiger partial charge on any atom is -0.458 e. The topological polar surface area (TPSA) is 122 Å². The Morgan fingerprint density at radius 2 is 1.94 bits per heavy atom. The van der Waals surface area contributed by atoms with E-state index < -0.39 is 39.4 Å². The molecule has 0 aliphatic carbocycles. The number of pyridine rings is 2. The number of carbonyl (C=O) groups is 1. The molecule has 0 saturated carbocycles. The van der Waals surface area contributed by atoms with Crippen LogP contribution in [0.4, 0.5) is 12.3 Å². The van der Waals surface area contributed by atoms with Crippen molar-refractivity contribution in [2.45, 2.75) is 44.6 Å². The normalized spacial score (nSPS) is 18.8. The first-order chi connectivity index (χ1) is 16.4. The van der Waals surface area contributed by atoms with Gasteiger partial charge in [0.05, 0.1) is 29.0 Å². The number of aryl methyl sites for hydroxylation is 1. The maximum atomic E-state index is 13.3. The van der Waals surface area contributed by atoms with E-state index in [1.165, 1.54) is 28.8 Å². The lowest BCUT2D eigenvalue weighted by atomic mass is 9.79. The highest BCUT2D eigenvalue weighted by molar-refractivity contribution is 6.59. The van der Waals surface area contributed by atoms with Gasteiger partial charge in [0.1, 0.15) is 6.61 Å². The summed E-state index contributed by atoms with van der Waals surface area (Å²) in [5.41, 5.74) is -0.513. The summed E-state index contributed by atoms with van der Waals surface area (Å²) in [5, 5.41) is 30.5. The summed E-state index contributed by atoms with van der Waals surface area (Å²) in [6.45, 7) is 1.22. The van der Waals surface area contributed by atoms with Crippen molar-refractivity contribution in [1.29, 1.82) is 0 Å². The molecule has 182 valence electrons. The molecule has 5 rings (SSSR count). The van der Waals surface area contributed by atoms with Gasteiger partial charge in [0, 0.05) is 22.6 Å². The molecule has 1 aromatic carbocycles. The largest absolute Gasteiger partial charge is 0.616 e. The number of halogens is 3.